The molecule has 0 spiro atoms. The maximum atomic E-state index is 14.5. The van der Waals surface area contributed by atoms with E-state index >= 15 is 0 Å². The molecule has 0 aromatic heterocycles. The number of hydrogen-bond donors (Lipinski definition) is 2. The summed E-state index contributed by atoms with van der Waals surface area (Å²) in [6.07, 6.45) is 0. The van der Waals surface area contributed by atoms with E-state index in [4.69, 9.17) is 5.14 Å². The van der Waals surface area contributed by atoms with Crippen molar-refractivity contribution in [1.29, 1.82) is 0 Å². The fraction of sp³-hybridized carbons (Fsp3) is 0.143. The molecule has 27 heavy (non-hydrogen) atoms. The average Bonchev–Trinajstić information content (AvgIpc) is 2.61. The molecule has 0 amide bonds. The van der Waals surface area contributed by atoms with Gasteiger partial charge in [-0.15, -0.1) is 0 Å². The highest BCUT2D eigenvalue weighted by molar-refractivity contribution is 7.89. The monoisotopic (exact) mass is 384 g/mol. The zero-order chi connectivity index (χ0) is 19.6. The number of benzene rings is 3. The predicted molar refractivity (Wildman–Crippen MR) is 106 cm³/mol. The Morgan fingerprint density at radius 2 is 1.67 bits per heavy atom. The third-order valence-corrected chi connectivity index (χ3v) is 5.33. The second-order valence-electron chi connectivity index (χ2n) is 6.43. The Labute approximate surface area is 158 Å². The molecule has 0 saturated heterocycles. The normalized spacial score (nSPS) is 11.6. The lowest BCUT2D eigenvalue weighted by Gasteiger charge is -2.16. The Morgan fingerprint density at radius 1 is 0.926 bits per heavy atom. The summed E-state index contributed by atoms with van der Waals surface area (Å²) in [6, 6.07) is 17.0. The summed E-state index contributed by atoms with van der Waals surface area (Å²) < 4.78 is 38.8. The molecule has 0 unspecified atom stereocenters. The number of sulfonamides is 1. The van der Waals surface area contributed by atoms with Crippen LogP contribution in [0.1, 0.15) is 11.1 Å². The molecule has 3 rings (SSSR count). The minimum Gasteiger partial charge on any atom is -0.316 e. The molecule has 0 atom stereocenters. The summed E-state index contributed by atoms with van der Waals surface area (Å²) >= 11 is 0. The number of hydrogen-bond acceptors (Lipinski definition) is 3. The first kappa shape index (κ1) is 19.2. The SMILES string of the molecule is CNCc1ccc(-c2ccccc2F)c(-c2cc(C)ccc2S(N)(=O)=O)c1. The first-order chi connectivity index (χ1) is 12.8. The highest BCUT2D eigenvalue weighted by atomic mass is 32.2. The van der Waals surface area contributed by atoms with Crippen molar-refractivity contribution in [1.82, 2.24) is 5.32 Å². The third-order valence-electron chi connectivity index (χ3n) is 4.36. The fourth-order valence-corrected chi connectivity index (χ4v) is 3.88. The molecule has 3 N–H and O–H groups in total. The molecule has 6 heteroatoms. The lowest BCUT2D eigenvalue weighted by Crippen LogP contribution is -2.14. The molecular formula is C21H21FN2O2S. The lowest BCUT2D eigenvalue weighted by atomic mass is 9.91. The van der Waals surface area contributed by atoms with Gasteiger partial charge in [-0.3, -0.25) is 0 Å². The van der Waals surface area contributed by atoms with Crippen LogP contribution in [0.15, 0.2) is 65.6 Å². The minimum absolute atomic E-state index is 0.0206. The second-order valence-corrected chi connectivity index (χ2v) is 7.96. The van der Waals surface area contributed by atoms with Crippen LogP contribution in [0.4, 0.5) is 4.39 Å². The van der Waals surface area contributed by atoms with Crippen LogP contribution in [-0.2, 0) is 16.6 Å². The number of rotatable bonds is 5. The molecule has 0 radical (unpaired) electrons. The van der Waals surface area contributed by atoms with Crippen molar-refractivity contribution >= 4 is 10.0 Å². The first-order valence-electron chi connectivity index (χ1n) is 8.47. The van der Waals surface area contributed by atoms with Gasteiger partial charge in [0, 0.05) is 17.7 Å². The van der Waals surface area contributed by atoms with Gasteiger partial charge in [0.15, 0.2) is 0 Å². The van der Waals surface area contributed by atoms with Crippen LogP contribution < -0.4 is 10.5 Å². The van der Waals surface area contributed by atoms with Gasteiger partial charge in [0.1, 0.15) is 5.82 Å². The van der Waals surface area contributed by atoms with Crippen molar-refractivity contribution in [2.75, 3.05) is 7.05 Å². The molecule has 140 valence electrons. The van der Waals surface area contributed by atoms with Gasteiger partial charge in [0.25, 0.3) is 0 Å². The molecule has 0 saturated carbocycles. The van der Waals surface area contributed by atoms with Crippen LogP contribution in [0.2, 0.25) is 0 Å². The summed E-state index contributed by atoms with van der Waals surface area (Å²) in [7, 11) is -2.12. The van der Waals surface area contributed by atoms with E-state index in [1.165, 1.54) is 12.1 Å². The van der Waals surface area contributed by atoms with Crippen LogP contribution in [0.5, 0.6) is 0 Å². The summed E-state index contributed by atoms with van der Waals surface area (Å²) in [5.41, 5.74) is 3.95. The quantitative estimate of drug-likeness (QED) is 0.702. The molecule has 0 aliphatic carbocycles. The number of halogens is 1. The maximum Gasteiger partial charge on any atom is 0.238 e. The van der Waals surface area contributed by atoms with Crippen molar-refractivity contribution in [3.05, 3.63) is 77.6 Å². The van der Waals surface area contributed by atoms with E-state index in [-0.39, 0.29) is 10.7 Å². The first-order valence-corrected chi connectivity index (χ1v) is 10.0. The molecule has 3 aromatic carbocycles. The van der Waals surface area contributed by atoms with Crippen molar-refractivity contribution < 1.29 is 12.8 Å². The maximum absolute atomic E-state index is 14.5. The van der Waals surface area contributed by atoms with Gasteiger partial charge in [-0.1, -0.05) is 48.0 Å². The van der Waals surface area contributed by atoms with E-state index < -0.39 is 10.0 Å². The van der Waals surface area contributed by atoms with E-state index in [0.29, 0.717) is 28.8 Å². The zero-order valence-corrected chi connectivity index (χ0v) is 16.0. The Hall–Kier alpha value is -2.54. The lowest BCUT2D eigenvalue weighted by molar-refractivity contribution is 0.598. The molecule has 0 aliphatic heterocycles. The molecule has 0 heterocycles. The van der Waals surface area contributed by atoms with Crippen molar-refractivity contribution in [3.8, 4) is 22.3 Å². The predicted octanol–water partition coefficient (Wildman–Crippen LogP) is 3.83. The molecule has 4 nitrogen and oxygen atoms in total. The van der Waals surface area contributed by atoms with Gasteiger partial charge in [0.05, 0.1) is 4.90 Å². The second kappa shape index (κ2) is 7.60. The minimum atomic E-state index is -3.94. The van der Waals surface area contributed by atoms with Gasteiger partial charge < -0.3 is 5.32 Å². The average molecular weight is 384 g/mol. The highest BCUT2D eigenvalue weighted by Gasteiger charge is 2.19. The Morgan fingerprint density at radius 3 is 2.33 bits per heavy atom. The van der Waals surface area contributed by atoms with E-state index in [1.807, 2.05) is 32.2 Å². The Kier molecular flexibility index (Phi) is 5.41. The number of primary sulfonamides is 1. The largest absolute Gasteiger partial charge is 0.316 e. The van der Waals surface area contributed by atoms with Gasteiger partial charge in [-0.05, 0) is 48.9 Å². The fourth-order valence-electron chi connectivity index (χ4n) is 3.15. The van der Waals surface area contributed by atoms with Gasteiger partial charge in [0.2, 0.25) is 10.0 Å². The molecular weight excluding hydrogens is 363 g/mol. The standard InChI is InChI=1S/C21H21FN2O2S/c1-14-7-10-21(27(23,25)26)19(11-14)18-12-15(13-24-2)8-9-16(18)17-5-3-4-6-20(17)22/h3-12,24H,13H2,1-2H3,(H2,23,25,26). The van der Waals surface area contributed by atoms with Crippen molar-refractivity contribution in [3.63, 3.8) is 0 Å². The van der Waals surface area contributed by atoms with E-state index in [2.05, 4.69) is 5.32 Å². The topological polar surface area (TPSA) is 72.2 Å². The Bertz CT molecular complexity index is 1100. The summed E-state index contributed by atoms with van der Waals surface area (Å²) in [4.78, 5) is 0.0206. The van der Waals surface area contributed by atoms with E-state index in [9.17, 15) is 12.8 Å². The Balaban J connectivity index is 2.37. The number of nitrogens with two attached hydrogens (primary N) is 1. The van der Waals surface area contributed by atoms with Crippen molar-refractivity contribution in [2.24, 2.45) is 5.14 Å². The van der Waals surface area contributed by atoms with Crippen molar-refractivity contribution in [2.45, 2.75) is 18.4 Å². The van der Waals surface area contributed by atoms with E-state index in [1.54, 1.807) is 30.3 Å². The number of aryl methyl sites for hydroxylation is 1. The molecule has 0 bridgehead atoms. The van der Waals surface area contributed by atoms with Crippen LogP contribution in [0, 0.1) is 12.7 Å². The summed E-state index contributed by atoms with van der Waals surface area (Å²) in [5.74, 6) is -0.370. The summed E-state index contributed by atoms with van der Waals surface area (Å²) in [6.45, 7) is 2.47. The van der Waals surface area contributed by atoms with E-state index in [0.717, 1.165) is 11.1 Å². The molecule has 0 fully saturated rings. The molecule has 0 aliphatic rings. The smallest absolute Gasteiger partial charge is 0.238 e. The highest BCUT2D eigenvalue weighted by Crippen LogP contribution is 2.37. The third kappa shape index (κ3) is 4.08. The zero-order valence-electron chi connectivity index (χ0n) is 15.2. The van der Waals surface area contributed by atoms with Gasteiger partial charge in [-0.2, -0.15) is 0 Å². The summed E-state index contributed by atoms with van der Waals surface area (Å²) in [5, 5.41) is 8.52. The van der Waals surface area contributed by atoms with Crippen LogP contribution in [0.25, 0.3) is 22.3 Å². The molecule has 3 aromatic rings. The van der Waals surface area contributed by atoms with Crippen LogP contribution in [-0.4, -0.2) is 15.5 Å². The van der Waals surface area contributed by atoms with Crippen LogP contribution >= 0.6 is 0 Å². The number of nitrogens with one attached hydrogen (secondary N) is 1. The van der Waals surface area contributed by atoms with Gasteiger partial charge >= 0.3 is 0 Å². The van der Waals surface area contributed by atoms with Crippen LogP contribution in [0.3, 0.4) is 0 Å². The van der Waals surface area contributed by atoms with Gasteiger partial charge in [-0.25, -0.2) is 17.9 Å².